The zero-order valence-corrected chi connectivity index (χ0v) is 12.2. The lowest BCUT2D eigenvalue weighted by Crippen LogP contribution is -2.06. The number of carboxylic acids is 1. The number of hydrogen-bond acceptors (Lipinski definition) is 5. The first-order chi connectivity index (χ1) is 10.1. The lowest BCUT2D eigenvalue weighted by molar-refractivity contribution is -0.138. The van der Waals surface area contributed by atoms with E-state index < -0.39 is 5.97 Å². The second kappa shape index (κ2) is 9.31. The topological polar surface area (TPSA) is 88.7 Å². The van der Waals surface area contributed by atoms with Crippen LogP contribution in [0.25, 0.3) is 0 Å². The lowest BCUT2D eigenvalue weighted by Gasteiger charge is -1.97. The molecule has 0 aromatic carbocycles. The van der Waals surface area contributed by atoms with Gasteiger partial charge in [0, 0.05) is 11.6 Å². The van der Waals surface area contributed by atoms with E-state index in [2.05, 4.69) is 11.3 Å². The molecule has 2 unspecified atom stereocenters. The van der Waals surface area contributed by atoms with E-state index in [9.17, 15) is 9.59 Å². The summed E-state index contributed by atoms with van der Waals surface area (Å²) in [4.78, 5) is 21.0. The molecule has 0 radical (unpaired) electrons. The van der Waals surface area contributed by atoms with Gasteiger partial charge in [-0.2, -0.15) is 0 Å². The van der Waals surface area contributed by atoms with Gasteiger partial charge in [-0.3, -0.25) is 0 Å². The fraction of sp³-hybridized carbons (Fsp3) is 0.600. The first-order valence-electron chi connectivity index (χ1n) is 7.01. The van der Waals surface area contributed by atoms with Crippen molar-refractivity contribution in [3.8, 4) is 0 Å². The van der Waals surface area contributed by atoms with Crippen molar-refractivity contribution >= 4 is 11.9 Å². The Morgan fingerprint density at radius 2 is 1.95 bits per heavy atom. The number of aliphatic carboxylic acids is 1. The Morgan fingerprint density at radius 3 is 2.38 bits per heavy atom. The van der Waals surface area contributed by atoms with Crippen molar-refractivity contribution in [2.24, 2.45) is 0 Å². The van der Waals surface area contributed by atoms with Gasteiger partial charge in [0.05, 0.1) is 19.3 Å². The van der Waals surface area contributed by atoms with E-state index in [1.807, 2.05) is 6.92 Å². The van der Waals surface area contributed by atoms with Crippen LogP contribution < -0.4 is 0 Å². The van der Waals surface area contributed by atoms with Gasteiger partial charge in [0.25, 0.3) is 0 Å². The van der Waals surface area contributed by atoms with E-state index >= 15 is 0 Å². The summed E-state index contributed by atoms with van der Waals surface area (Å²) in [6, 6.07) is 0. The van der Waals surface area contributed by atoms with Crippen LogP contribution in [0, 0.1) is 0 Å². The average Bonchev–Trinajstić information content (AvgIpc) is 3.35. The molecule has 2 aliphatic rings. The van der Waals surface area contributed by atoms with Crippen LogP contribution in [0.15, 0.2) is 24.3 Å². The van der Waals surface area contributed by atoms with Crippen molar-refractivity contribution in [2.75, 3.05) is 19.8 Å². The highest BCUT2D eigenvalue weighted by Gasteiger charge is 2.23. The maximum atomic E-state index is 10.6. The van der Waals surface area contributed by atoms with Crippen LogP contribution in [0.2, 0.25) is 0 Å². The highest BCUT2D eigenvalue weighted by molar-refractivity contribution is 5.86. The molecule has 0 aromatic heterocycles. The standard InChI is InChI=1S/C9H14O3.C6H8O3/c1-2-3-7(9(10)11)4-5-8-6-12-8;1-2-6(7)9-4-5-3-8-5/h4,8H,2-3,5-6H2,1H3,(H,10,11);2,5H,1,3-4H2. The molecular formula is C15H22O6. The maximum Gasteiger partial charge on any atom is 0.331 e. The largest absolute Gasteiger partial charge is 0.478 e. The molecule has 0 spiro atoms. The van der Waals surface area contributed by atoms with Crippen LogP contribution in [0.5, 0.6) is 0 Å². The zero-order chi connectivity index (χ0) is 15.7. The van der Waals surface area contributed by atoms with E-state index in [1.165, 1.54) is 0 Å². The van der Waals surface area contributed by atoms with Gasteiger partial charge in [-0.25, -0.2) is 9.59 Å². The molecule has 2 rings (SSSR count). The van der Waals surface area contributed by atoms with E-state index in [0.29, 0.717) is 25.2 Å². The molecule has 2 aliphatic heterocycles. The average molecular weight is 298 g/mol. The van der Waals surface area contributed by atoms with Gasteiger partial charge in [-0.15, -0.1) is 0 Å². The van der Waals surface area contributed by atoms with Gasteiger partial charge in [0.2, 0.25) is 0 Å². The first-order valence-corrected chi connectivity index (χ1v) is 7.01. The van der Waals surface area contributed by atoms with E-state index in [0.717, 1.165) is 25.5 Å². The van der Waals surface area contributed by atoms with E-state index in [4.69, 9.17) is 14.6 Å². The first kappa shape index (κ1) is 17.4. The summed E-state index contributed by atoms with van der Waals surface area (Å²) < 4.78 is 14.4. The van der Waals surface area contributed by atoms with Gasteiger partial charge < -0.3 is 19.3 Å². The predicted molar refractivity (Wildman–Crippen MR) is 75.9 cm³/mol. The summed E-state index contributed by atoms with van der Waals surface area (Å²) in [5.41, 5.74) is 0.521. The van der Waals surface area contributed by atoms with Crippen LogP contribution in [0.4, 0.5) is 0 Å². The number of carbonyl (C=O) groups excluding carboxylic acids is 1. The smallest absolute Gasteiger partial charge is 0.331 e. The predicted octanol–water partition coefficient (Wildman–Crippen LogP) is 1.70. The van der Waals surface area contributed by atoms with Gasteiger partial charge in [-0.05, 0) is 12.8 Å². The molecule has 2 saturated heterocycles. The van der Waals surface area contributed by atoms with Gasteiger partial charge in [0.15, 0.2) is 0 Å². The number of hydrogen-bond donors (Lipinski definition) is 1. The molecule has 0 saturated carbocycles. The van der Waals surface area contributed by atoms with Crippen molar-refractivity contribution in [2.45, 2.75) is 38.4 Å². The summed E-state index contributed by atoms with van der Waals surface area (Å²) >= 11 is 0. The van der Waals surface area contributed by atoms with Gasteiger partial charge in [-0.1, -0.05) is 26.0 Å². The maximum absolute atomic E-state index is 10.6. The van der Waals surface area contributed by atoms with Crippen molar-refractivity contribution in [1.29, 1.82) is 0 Å². The van der Waals surface area contributed by atoms with Gasteiger partial charge >= 0.3 is 11.9 Å². The van der Waals surface area contributed by atoms with E-state index in [-0.39, 0.29) is 18.2 Å². The monoisotopic (exact) mass is 298 g/mol. The Balaban J connectivity index is 0.000000219. The molecule has 0 aromatic rings. The lowest BCUT2D eigenvalue weighted by atomic mass is 10.1. The molecule has 1 N–H and O–H groups in total. The summed E-state index contributed by atoms with van der Waals surface area (Å²) in [6.45, 7) is 7.09. The summed E-state index contributed by atoms with van der Waals surface area (Å²) in [5, 5.41) is 8.73. The molecule has 2 heterocycles. The third-order valence-corrected chi connectivity index (χ3v) is 2.80. The van der Waals surface area contributed by atoms with Crippen molar-refractivity contribution in [1.82, 2.24) is 0 Å². The summed E-state index contributed by atoms with van der Waals surface area (Å²) in [5.74, 6) is -1.18. The number of ether oxygens (including phenoxy) is 3. The minimum Gasteiger partial charge on any atom is -0.478 e. The molecule has 118 valence electrons. The van der Waals surface area contributed by atoms with Crippen molar-refractivity contribution in [3.63, 3.8) is 0 Å². The minimum absolute atomic E-state index is 0.147. The van der Waals surface area contributed by atoms with Crippen molar-refractivity contribution in [3.05, 3.63) is 24.3 Å². The Labute approximate surface area is 124 Å². The number of carbonyl (C=O) groups is 2. The Morgan fingerprint density at radius 1 is 1.33 bits per heavy atom. The van der Waals surface area contributed by atoms with Crippen LogP contribution >= 0.6 is 0 Å². The fourth-order valence-corrected chi connectivity index (χ4v) is 1.44. The van der Waals surface area contributed by atoms with Crippen LogP contribution in [0.3, 0.4) is 0 Å². The third kappa shape index (κ3) is 8.99. The molecule has 0 aliphatic carbocycles. The highest BCUT2D eigenvalue weighted by atomic mass is 16.6. The molecule has 0 bridgehead atoms. The second-order valence-corrected chi connectivity index (χ2v) is 4.77. The number of rotatable bonds is 8. The number of esters is 1. The van der Waals surface area contributed by atoms with Crippen LogP contribution in [0.1, 0.15) is 26.2 Å². The molecule has 2 atom stereocenters. The molecular weight excluding hydrogens is 276 g/mol. The number of carboxylic acid groups (broad SMARTS) is 1. The SMILES string of the molecule is C=CC(=O)OCC1CO1.CCCC(=CCC1CO1)C(=O)O. The van der Waals surface area contributed by atoms with Crippen LogP contribution in [-0.2, 0) is 23.8 Å². The van der Waals surface area contributed by atoms with Gasteiger partial charge in [0.1, 0.15) is 12.7 Å². The Bertz CT molecular complexity index is 393. The van der Waals surface area contributed by atoms with Crippen LogP contribution in [-0.4, -0.2) is 49.1 Å². The zero-order valence-electron chi connectivity index (χ0n) is 12.2. The molecule has 21 heavy (non-hydrogen) atoms. The molecule has 0 amide bonds. The fourth-order valence-electron chi connectivity index (χ4n) is 1.44. The third-order valence-electron chi connectivity index (χ3n) is 2.80. The quantitative estimate of drug-likeness (QED) is 0.417. The normalized spacial score (nSPS) is 22.6. The number of epoxide rings is 2. The van der Waals surface area contributed by atoms with E-state index in [1.54, 1.807) is 6.08 Å². The Kier molecular flexibility index (Phi) is 7.71. The molecule has 6 nitrogen and oxygen atoms in total. The Hall–Kier alpha value is -1.66. The highest BCUT2D eigenvalue weighted by Crippen LogP contribution is 2.16. The second-order valence-electron chi connectivity index (χ2n) is 4.77. The minimum atomic E-state index is -0.794. The summed E-state index contributed by atoms with van der Waals surface area (Å²) in [6.07, 6.45) is 5.64. The molecule has 6 heteroatoms. The summed E-state index contributed by atoms with van der Waals surface area (Å²) in [7, 11) is 0. The molecule has 2 fully saturated rings. The van der Waals surface area contributed by atoms with Crippen molar-refractivity contribution < 1.29 is 28.9 Å².